The van der Waals surface area contributed by atoms with E-state index < -0.39 is 17.8 Å². The van der Waals surface area contributed by atoms with E-state index in [2.05, 4.69) is 4.99 Å². The monoisotopic (exact) mass is 318 g/mol. The van der Waals surface area contributed by atoms with Gasteiger partial charge in [0.05, 0.1) is 17.7 Å². The first-order valence-corrected chi connectivity index (χ1v) is 7.01. The number of benzene rings is 1. The van der Waals surface area contributed by atoms with E-state index >= 15 is 0 Å². The van der Waals surface area contributed by atoms with Gasteiger partial charge in [0.25, 0.3) is 5.91 Å². The summed E-state index contributed by atoms with van der Waals surface area (Å²) in [5.74, 6) is 0.162. The Bertz CT molecular complexity index is 558. The third kappa shape index (κ3) is 3.56. The number of halogens is 3. The third-order valence-electron chi connectivity index (χ3n) is 2.98. The Balaban J connectivity index is 2.15. The zero-order valence-corrected chi connectivity index (χ0v) is 12.2. The molecule has 0 saturated heterocycles. The number of amides is 1. The Labute approximate surface area is 123 Å². The summed E-state index contributed by atoms with van der Waals surface area (Å²) in [6.45, 7) is 0. The summed E-state index contributed by atoms with van der Waals surface area (Å²) >= 11 is 1.34. The molecule has 0 N–H and O–H groups in total. The highest BCUT2D eigenvalue weighted by atomic mass is 32.2. The number of alkyl halides is 3. The Morgan fingerprint density at radius 3 is 2.52 bits per heavy atom. The minimum Gasteiger partial charge on any atom is -0.274 e. The van der Waals surface area contributed by atoms with Crippen LogP contribution in [0, 0.1) is 0 Å². The molecule has 1 heterocycles. The topological polar surface area (TPSA) is 41.9 Å². The maximum Gasteiger partial charge on any atom is 0.416 e. The predicted octanol–water partition coefficient (Wildman–Crippen LogP) is 2.59. The van der Waals surface area contributed by atoms with E-state index in [0.29, 0.717) is 16.4 Å². The van der Waals surface area contributed by atoms with Gasteiger partial charge in [0.15, 0.2) is 0 Å². The van der Waals surface area contributed by atoms with Crippen molar-refractivity contribution in [3.05, 3.63) is 35.4 Å². The lowest BCUT2D eigenvalue weighted by molar-refractivity contribution is -0.169. The molecule has 0 fully saturated rings. The fraction of sp³-hybridized carbons (Fsp3) is 0.385. The summed E-state index contributed by atoms with van der Waals surface area (Å²) in [6.07, 6.45) is -4.36. The largest absolute Gasteiger partial charge is 0.416 e. The summed E-state index contributed by atoms with van der Waals surface area (Å²) in [6, 6.07) is 4.17. The highest BCUT2D eigenvalue weighted by Crippen LogP contribution is 2.31. The van der Waals surface area contributed by atoms with Gasteiger partial charge in [-0.15, -0.1) is 11.8 Å². The maximum atomic E-state index is 12.5. The molecule has 0 bridgehead atoms. The average Bonchev–Trinajstić information content (AvgIpc) is 2.94. The number of carbonyl (C=O) groups excluding carboxylic acids is 1. The van der Waals surface area contributed by atoms with E-state index in [9.17, 15) is 18.0 Å². The van der Waals surface area contributed by atoms with Gasteiger partial charge in [-0.1, -0.05) is 12.1 Å². The van der Waals surface area contributed by atoms with Gasteiger partial charge in [-0.2, -0.15) is 13.2 Å². The second-order valence-corrected chi connectivity index (χ2v) is 5.36. The Kier molecular flexibility index (Phi) is 4.58. The second kappa shape index (κ2) is 6.07. The Morgan fingerprint density at radius 1 is 1.38 bits per heavy atom. The molecular formula is C13H13F3N2O2S. The number of aliphatic imine (C=N–C) groups is 1. The number of hydroxylamine groups is 2. The first-order chi connectivity index (χ1) is 9.82. The van der Waals surface area contributed by atoms with Crippen molar-refractivity contribution < 1.29 is 22.8 Å². The molecular weight excluding hydrogens is 305 g/mol. The van der Waals surface area contributed by atoms with Gasteiger partial charge in [-0.25, -0.2) is 5.06 Å². The number of hydrogen-bond donors (Lipinski definition) is 0. The molecule has 1 amide bonds. The van der Waals surface area contributed by atoms with Gasteiger partial charge in [-0.05, 0) is 12.1 Å². The summed E-state index contributed by atoms with van der Waals surface area (Å²) in [4.78, 5) is 20.9. The average molecular weight is 318 g/mol. The lowest BCUT2D eigenvalue weighted by Crippen LogP contribution is -2.34. The van der Waals surface area contributed by atoms with Gasteiger partial charge in [0, 0.05) is 18.4 Å². The number of rotatable bonds is 3. The van der Waals surface area contributed by atoms with Crippen LogP contribution in [-0.4, -0.2) is 42.0 Å². The maximum absolute atomic E-state index is 12.5. The highest BCUT2D eigenvalue weighted by Gasteiger charge is 2.31. The standard InChI is InChI=1S/C13H13F3N2O2S/c1-18(20-2)12(19)10-7-21-11(17-10)8-3-5-9(6-4-8)13(14,15)16/h3-6,10H,7H2,1-2H3/t10-/m0/s1. The third-order valence-corrected chi connectivity index (χ3v) is 4.08. The van der Waals surface area contributed by atoms with Crippen molar-refractivity contribution in [1.29, 1.82) is 0 Å². The van der Waals surface area contributed by atoms with Crippen LogP contribution in [0.2, 0.25) is 0 Å². The Hall–Kier alpha value is -1.54. The van der Waals surface area contributed by atoms with Crippen LogP contribution < -0.4 is 0 Å². The van der Waals surface area contributed by atoms with E-state index in [0.717, 1.165) is 17.2 Å². The SMILES string of the molecule is CON(C)C(=O)[C@@H]1CSC(c2ccc(C(F)(F)F)cc2)=N1. The van der Waals surface area contributed by atoms with Crippen molar-refractivity contribution in [3.8, 4) is 0 Å². The van der Waals surface area contributed by atoms with Gasteiger partial charge in [0.1, 0.15) is 6.04 Å². The minimum atomic E-state index is -4.36. The van der Waals surface area contributed by atoms with Crippen LogP contribution in [0.15, 0.2) is 29.3 Å². The molecule has 0 unspecified atom stereocenters. The molecule has 0 aromatic heterocycles. The molecule has 0 aliphatic carbocycles. The number of likely N-dealkylation sites (N-methyl/N-ethyl adjacent to an activating group) is 1. The fourth-order valence-electron chi connectivity index (χ4n) is 1.76. The number of thioether (sulfide) groups is 1. The van der Waals surface area contributed by atoms with Crippen LogP contribution in [0.5, 0.6) is 0 Å². The molecule has 114 valence electrons. The molecule has 0 radical (unpaired) electrons. The quantitative estimate of drug-likeness (QED) is 0.805. The molecule has 1 aromatic carbocycles. The molecule has 0 saturated carbocycles. The first kappa shape index (κ1) is 15.8. The van der Waals surface area contributed by atoms with Crippen LogP contribution in [-0.2, 0) is 15.8 Å². The van der Waals surface area contributed by atoms with Crippen molar-refractivity contribution in [2.45, 2.75) is 12.2 Å². The fourth-order valence-corrected chi connectivity index (χ4v) is 2.80. The van der Waals surface area contributed by atoms with Gasteiger partial charge in [0.2, 0.25) is 0 Å². The normalized spacial score (nSPS) is 18.5. The van der Waals surface area contributed by atoms with E-state index in [1.807, 2.05) is 0 Å². The molecule has 1 atom stereocenters. The van der Waals surface area contributed by atoms with Crippen molar-refractivity contribution in [2.24, 2.45) is 4.99 Å². The molecule has 4 nitrogen and oxygen atoms in total. The predicted molar refractivity (Wildman–Crippen MR) is 74.0 cm³/mol. The molecule has 1 aliphatic rings. The van der Waals surface area contributed by atoms with Crippen molar-refractivity contribution in [2.75, 3.05) is 19.9 Å². The summed E-state index contributed by atoms with van der Waals surface area (Å²) in [7, 11) is 2.86. The van der Waals surface area contributed by atoms with Crippen LogP contribution in [0.4, 0.5) is 13.2 Å². The number of hydrogen-bond acceptors (Lipinski definition) is 4. The second-order valence-electron chi connectivity index (χ2n) is 4.35. The molecule has 0 spiro atoms. The summed E-state index contributed by atoms with van der Waals surface area (Å²) in [5, 5.41) is 1.65. The van der Waals surface area contributed by atoms with Crippen LogP contribution in [0.25, 0.3) is 0 Å². The summed E-state index contributed by atoms with van der Waals surface area (Å²) in [5.41, 5.74) is -0.134. The molecule has 1 aromatic rings. The van der Waals surface area contributed by atoms with E-state index in [-0.39, 0.29) is 5.91 Å². The lowest BCUT2D eigenvalue weighted by Gasteiger charge is -2.15. The van der Waals surface area contributed by atoms with Crippen molar-refractivity contribution >= 4 is 22.7 Å². The van der Waals surface area contributed by atoms with Crippen molar-refractivity contribution in [1.82, 2.24) is 5.06 Å². The highest BCUT2D eigenvalue weighted by molar-refractivity contribution is 8.14. The van der Waals surface area contributed by atoms with E-state index in [4.69, 9.17) is 4.84 Å². The van der Waals surface area contributed by atoms with Crippen LogP contribution >= 0.6 is 11.8 Å². The number of nitrogens with zero attached hydrogens (tertiary/aromatic N) is 2. The smallest absolute Gasteiger partial charge is 0.274 e. The van der Waals surface area contributed by atoms with Crippen LogP contribution in [0.1, 0.15) is 11.1 Å². The van der Waals surface area contributed by atoms with Crippen LogP contribution in [0.3, 0.4) is 0 Å². The minimum absolute atomic E-state index is 0.285. The number of carbonyl (C=O) groups is 1. The molecule has 2 rings (SSSR count). The lowest BCUT2D eigenvalue weighted by atomic mass is 10.1. The van der Waals surface area contributed by atoms with E-state index in [1.165, 1.54) is 38.1 Å². The zero-order chi connectivity index (χ0) is 15.6. The molecule has 8 heteroatoms. The zero-order valence-electron chi connectivity index (χ0n) is 11.3. The molecule has 21 heavy (non-hydrogen) atoms. The Morgan fingerprint density at radius 2 is 2.00 bits per heavy atom. The van der Waals surface area contributed by atoms with Gasteiger partial charge in [-0.3, -0.25) is 14.6 Å². The van der Waals surface area contributed by atoms with Gasteiger partial charge >= 0.3 is 6.18 Å². The van der Waals surface area contributed by atoms with Crippen molar-refractivity contribution in [3.63, 3.8) is 0 Å². The van der Waals surface area contributed by atoms with Gasteiger partial charge < -0.3 is 0 Å². The first-order valence-electron chi connectivity index (χ1n) is 6.03. The molecule has 1 aliphatic heterocycles. The van der Waals surface area contributed by atoms with E-state index in [1.54, 1.807) is 0 Å². The summed E-state index contributed by atoms with van der Waals surface area (Å²) < 4.78 is 37.5.